The summed E-state index contributed by atoms with van der Waals surface area (Å²) < 4.78 is 11.4. The Kier molecular flexibility index (Phi) is 5.47. The normalized spacial score (nSPS) is 10.7. The summed E-state index contributed by atoms with van der Waals surface area (Å²) in [6, 6.07) is 21.1. The Bertz CT molecular complexity index is 1090. The summed E-state index contributed by atoms with van der Waals surface area (Å²) in [5, 5.41) is 0. The second-order valence-electron chi connectivity index (χ2n) is 6.73. The average molecular weight is 384 g/mol. The van der Waals surface area contributed by atoms with Crippen molar-refractivity contribution in [2.24, 2.45) is 0 Å². The first-order chi connectivity index (χ1) is 14.2. The van der Waals surface area contributed by atoms with Crippen molar-refractivity contribution in [2.75, 3.05) is 0 Å². The summed E-state index contributed by atoms with van der Waals surface area (Å²) in [5.41, 5.74) is 2.77. The van der Waals surface area contributed by atoms with Crippen LogP contribution in [0.5, 0.6) is 11.5 Å². The Morgan fingerprint density at radius 3 is 2.38 bits per heavy atom. The highest BCUT2D eigenvalue weighted by Gasteiger charge is 2.15. The predicted molar refractivity (Wildman–Crippen MR) is 110 cm³/mol. The van der Waals surface area contributed by atoms with Gasteiger partial charge in [0.15, 0.2) is 5.76 Å². The van der Waals surface area contributed by atoms with Crippen molar-refractivity contribution in [3.8, 4) is 23.0 Å². The van der Waals surface area contributed by atoms with Crippen LogP contribution in [0.15, 0.2) is 83.5 Å². The van der Waals surface area contributed by atoms with Crippen LogP contribution in [-0.4, -0.2) is 15.8 Å². The number of rotatable bonds is 7. The molecule has 0 aliphatic carbocycles. The number of aryl methyl sites for hydroxylation is 2. The monoisotopic (exact) mass is 384 g/mol. The molecule has 0 spiro atoms. The molecule has 0 atom stereocenters. The van der Waals surface area contributed by atoms with Crippen LogP contribution in [0.25, 0.3) is 11.5 Å². The molecule has 29 heavy (non-hydrogen) atoms. The fraction of sp³-hybridized carbons (Fsp3) is 0.125. The second-order valence-corrected chi connectivity index (χ2v) is 6.73. The van der Waals surface area contributed by atoms with E-state index in [0.717, 1.165) is 22.6 Å². The van der Waals surface area contributed by atoms with Crippen LogP contribution in [0.4, 0.5) is 0 Å². The van der Waals surface area contributed by atoms with E-state index < -0.39 is 0 Å². The highest BCUT2D eigenvalue weighted by atomic mass is 16.5. The fourth-order valence-electron chi connectivity index (χ4n) is 2.85. The molecule has 0 fully saturated rings. The third-order valence-corrected chi connectivity index (χ3v) is 4.45. The first-order valence-corrected chi connectivity index (χ1v) is 9.41. The van der Waals surface area contributed by atoms with E-state index in [1.807, 2.05) is 73.7 Å². The topological polar surface area (TPSA) is 65.2 Å². The van der Waals surface area contributed by atoms with Crippen LogP contribution in [0.3, 0.4) is 0 Å². The third kappa shape index (κ3) is 4.76. The molecule has 5 nitrogen and oxygen atoms in total. The van der Waals surface area contributed by atoms with Gasteiger partial charge in [-0.2, -0.15) is 0 Å². The van der Waals surface area contributed by atoms with Gasteiger partial charge in [-0.1, -0.05) is 36.4 Å². The summed E-state index contributed by atoms with van der Waals surface area (Å²) >= 11 is 0. The van der Waals surface area contributed by atoms with Crippen molar-refractivity contribution >= 4 is 5.78 Å². The molecular weight excluding hydrogens is 364 g/mol. The molecule has 0 saturated heterocycles. The number of ether oxygens (including phenoxy) is 1. The molecule has 2 aromatic carbocycles. The van der Waals surface area contributed by atoms with Gasteiger partial charge in [-0.15, -0.1) is 0 Å². The number of para-hydroxylation sites is 1. The summed E-state index contributed by atoms with van der Waals surface area (Å²) in [4.78, 5) is 20.8. The van der Waals surface area contributed by atoms with Crippen molar-refractivity contribution < 1.29 is 13.9 Å². The summed E-state index contributed by atoms with van der Waals surface area (Å²) in [5.74, 6) is 2.03. The lowest BCUT2D eigenvalue weighted by molar-refractivity contribution is 0.0950. The fourth-order valence-corrected chi connectivity index (χ4v) is 2.85. The van der Waals surface area contributed by atoms with E-state index in [0.29, 0.717) is 24.3 Å². The SMILES string of the molecule is Cc1ccc(-c2cnc(C(=O)CCc3ccc(Oc4ccccc4)cc3)o2)nc1. The molecule has 2 heterocycles. The number of benzene rings is 2. The zero-order valence-corrected chi connectivity index (χ0v) is 16.0. The zero-order chi connectivity index (χ0) is 20.1. The van der Waals surface area contributed by atoms with E-state index in [1.165, 1.54) is 0 Å². The Morgan fingerprint density at radius 2 is 1.66 bits per heavy atom. The molecule has 0 unspecified atom stereocenters. The standard InChI is InChI=1S/C24H20N2O3/c1-17-7-13-21(25-15-17)23-16-26-24(29-23)22(27)14-10-18-8-11-20(12-9-18)28-19-5-3-2-4-6-19/h2-9,11-13,15-16H,10,14H2,1H3. The van der Waals surface area contributed by atoms with E-state index in [9.17, 15) is 4.79 Å². The number of nitrogens with zero attached hydrogens (tertiary/aromatic N) is 2. The number of Topliss-reactive ketones (excluding diaryl/α,β-unsaturated/α-hetero) is 1. The average Bonchev–Trinajstić information content (AvgIpc) is 3.25. The highest BCUT2D eigenvalue weighted by molar-refractivity contribution is 5.92. The number of hydrogen-bond acceptors (Lipinski definition) is 5. The van der Waals surface area contributed by atoms with E-state index >= 15 is 0 Å². The minimum Gasteiger partial charge on any atom is -0.457 e. The third-order valence-electron chi connectivity index (χ3n) is 4.45. The maximum Gasteiger partial charge on any atom is 0.263 e. The minimum absolute atomic E-state index is 0.117. The maximum atomic E-state index is 12.4. The molecule has 0 N–H and O–H groups in total. The van der Waals surface area contributed by atoms with Crippen molar-refractivity contribution in [2.45, 2.75) is 19.8 Å². The lowest BCUT2D eigenvalue weighted by Crippen LogP contribution is -2.01. The Balaban J connectivity index is 1.34. The number of aromatic nitrogens is 2. The molecule has 0 aliphatic heterocycles. The van der Waals surface area contributed by atoms with Gasteiger partial charge in [-0.25, -0.2) is 4.98 Å². The molecule has 0 saturated carbocycles. The number of oxazole rings is 1. The Hall–Kier alpha value is -3.73. The number of ketones is 1. The first kappa shape index (κ1) is 18.6. The van der Waals surface area contributed by atoms with E-state index in [-0.39, 0.29) is 11.7 Å². The largest absolute Gasteiger partial charge is 0.457 e. The predicted octanol–water partition coefficient (Wildman–Crippen LogP) is 5.65. The second kappa shape index (κ2) is 8.52. The van der Waals surface area contributed by atoms with Crippen LogP contribution in [0.1, 0.15) is 28.2 Å². The van der Waals surface area contributed by atoms with Crippen LogP contribution >= 0.6 is 0 Å². The van der Waals surface area contributed by atoms with E-state index in [4.69, 9.17) is 9.15 Å². The smallest absolute Gasteiger partial charge is 0.263 e. The van der Waals surface area contributed by atoms with Crippen molar-refractivity contribution in [3.63, 3.8) is 0 Å². The molecule has 0 radical (unpaired) electrons. The van der Waals surface area contributed by atoms with Gasteiger partial charge in [0, 0.05) is 12.6 Å². The number of pyridine rings is 1. The molecule has 5 heteroatoms. The minimum atomic E-state index is -0.132. The number of carbonyl (C=O) groups is 1. The van der Waals surface area contributed by atoms with Gasteiger partial charge in [-0.05, 0) is 54.8 Å². The van der Waals surface area contributed by atoms with Gasteiger partial charge in [0.2, 0.25) is 5.78 Å². The Morgan fingerprint density at radius 1 is 0.897 bits per heavy atom. The molecule has 2 aromatic heterocycles. The zero-order valence-electron chi connectivity index (χ0n) is 16.0. The lowest BCUT2D eigenvalue weighted by Gasteiger charge is -2.06. The van der Waals surface area contributed by atoms with Crippen LogP contribution in [-0.2, 0) is 6.42 Å². The molecule has 0 aliphatic rings. The molecule has 4 rings (SSSR count). The summed E-state index contributed by atoms with van der Waals surface area (Å²) in [6.45, 7) is 1.96. The van der Waals surface area contributed by atoms with Gasteiger partial charge in [0.1, 0.15) is 17.2 Å². The van der Waals surface area contributed by atoms with Crippen LogP contribution in [0.2, 0.25) is 0 Å². The van der Waals surface area contributed by atoms with Crippen molar-refractivity contribution in [1.82, 2.24) is 9.97 Å². The molecule has 0 amide bonds. The van der Waals surface area contributed by atoms with Gasteiger partial charge >= 0.3 is 0 Å². The molecular formula is C24H20N2O3. The first-order valence-electron chi connectivity index (χ1n) is 9.41. The van der Waals surface area contributed by atoms with Gasteiger partial charge in [0.05, 0.1) is 6.20 Å². The summed E-state index contributed by atoms with van der Waals surface area (Å²) in [7, 11) is 0. The lowest BCUT2D eigenvalue weighted by atomic mass is 10.1. The quantitative estimate of drug-likeness (QED) is 0.385. The summed E-state index contributed by atoms with van der Waals surface area (Å²) in [6.07, 6.45) is 4.22. The molecule has 0 bridgehead atoms. The van der Waals surface area contributed by atoms with Crippen molar-refractivity contribution in [3.05, 3.63) is 96.1 Å². The maximum absolute atomic E-state index is 12.4. The number of hydrogen-bond donors (Lipinski definition) is 0. The molecule has 144 valence electrons. The van der Waals surface area contributed by atoms with E-state index in [2.05, 4.69) is 9.97 Å². The van der Waals surface area contributed by atoms with Crippen molar-refractivity contribution in [1.29, 1.82) is 0 Å². The highest BCUT2D eigenvalue weighted by Crippen LogP contribution is 2.22. The van der Waals surface area contributed by atoms with Crippen LogP contribution < -0.4 is 4.74 Å². The molecule has 4 aromatic rings. The van der Waals surface area contributed by atoms with Crippen LogP contribution in [0, 0.1) is 6.92 Å². The van der Waals surface area contributed by atoms with Gasteiger partial charge < -0.3 is 9.15 Å². The number of carbonyl (C=O) groups excluding carboxylic acids is 1. The van der Waals surface area contributed by atoms with E-state index in [1.54, 1.807) is 12.4 Å². The van der Waals surface area contributed by atoms with Gasteiger partial charge in [0.25, 0.3) is 5.89 Å². The Labute approximate surface area is 169 Å². The van der Waals surface area contributed by atoms with Gasteiger partial charge in [-0.3, -0.25) is 9.78 Å².